The van der Waals surface area contributed by atoms with Crippen molar-refractivity contribution in [2.75, 3.05) is 10.6 Å². The second-order valence-corrected chi connectivity index (χ2v) is 5.60. The van der Waals surface area contributed by atoms with Gasteiger partial charge in [-0.15, -0.1) is 0 Å². The third-order valence-corrected chi connectivity index (χ3v) is 4.10. The minimum Gasteiger partial charge on any atom is -0.320 e. The zero-order valence-electron chi connectivity index (χ0n) is 12.8. The summed E-state index contributed by atoms with van der Waals surface area (Å²) < 4.78 is 0. The SMILES string of the molecule is O=C1Nc2ccc([N+](=O)[O-])cc2NC(=O)c2cccc3cccc1c23. The quantitative estimate of drug-likeness (QED) is 0.525. The molecule has 0 unspecified atom stereocenters. The Balaban J connectivity index is 1.97. The molecule has 0 spiro atoms. The van der Waals surface area contributed by atoms with Crippen molar-refractivity contribution in [1.29, 1.82) is 0 Å². The second kappa shape index (κ2) is 5.41. The maximum atomic E-state index is 12.7. The van der Waals surface area contributed by atoms with E-state index in [9.17, 15) is 19.7 Å². The normalized spacial score (nSPS) is 13.1. The minimum absolute atomic E-state index is 0.178. The van der Waals surface area contributed by atoms with Gasteiger partial charge in [0, 0.05) is 28.6 Å². The van der Waals surface area contributed by atoms with Gasteiger partial charge in [0.2, 0.25) is 0 Å². The molecule has 0 radical (unpaired) electrons. The van der Waals surface area contributed by atoms with E-state index in [1.54, 1.807) is 24.3 Å². The highest BCUT2D eigenvalue weighted by atomic mass is 16.6. The number of non-ortho nitro benzene ring substituents is 1. The molecule has 1 heterocycles. The van der Waals surface area contributed by atoms with Gasteiger partial charge in [0.15, 0.2) is 0 Å². The summed E-state index contributed by atoms with van der Waals surface area (Å²) in [4.78, 5) is 35.9. The van der Waals surface area contributed by atoms with Gasteiger partial charge in [0.25, 0.3) is 17.5 Å². The second-order valence-electron chi connectivity index (χ2n) is 5.60. The average molecular weight is 333 g/mol. The zero-order valence-corrected chi connectivity index (χ0v) is 12.8. The van der Waals surface area contributed by atoms with Crippen molar-refractivity contribution in [2.45, 2.75) is 0 Å². The van der Waals surface area contributed by atoms with Gasteiger partial charge < -0.3 is 10.6 Å². The Bertz CT molecular complexity index is 1070. The maximum Gasteiger partial charge on any atom is 0.271 e. The van der Waals surface area contributed by atoms with Crippen molar-refractivity contribution < 1.29 is 14.5 Å². The summed E-state index contributed by atoms with van der Waals surface area (Å²) in [6.45, 7) is 0. The number of carbonyl (C=O) groups is 2. The Hall–Kier alpha value is -3.74. The van der Waals surface area contributed by atoms with Crippen LogP contribution in [0.4, 0.5) is 17.1 Å². The van der Waals surface area contributed by atoms with Gasteiger partial charge in [-0.05, 0) is 23.6 Å². The molecular formula is C18H11N3O4. The van der Waals surface area contributed by atoms with Crippen LogP contribution in [0, 0.1) is 10.1 Å². The molecule has 2 amide bonds. The minimum atomic E-state index is -0.559. The lowest BCUT2D eigenvalue weighted by molar-refractivity contribution is -0.384. The number of anilines is 2. The summed E-state index contributed by atoms with van der Waals surface area (Å²) in [5, 5.41) is 17.7. The number of rotatable bonds is 1. The monoisotopic (exact) mass is 333 g/mol. The predicted molar refractivity (Wildman–Crippen MR) is 93.0 cm³/mol. The number of hydrogen-bond donors (Lipinski definition) is 2. The first-order valence-electron chi connectivity index (χ1n) is 7.47. The van der Waals surface area contributed by atoms with E-state index in [0.29, 0.717) is 22.2 Å². The number of carbonyl (C=O) groups excluding carboxylic acids is 2. The summed E-state index contributed by atoms with van der Waals surface area (Å²) in [5.74, 6) is -0.819. The zero-order chi connectivity index (χ0) is 17.6. The highest BCUT2D eigenvalue weighted by Crippen LogP contribution is 2.32. The molecule has 0 saturated heterocycles. The smallest absolute Gasteiger partial charge is 0.271 e. The first kappa shape index (κ1) is 14.8. The number of hydrogen-bond acceptors (Lipinski definition) is 4. The molecule has 122 valence electrons. The molecule has 3 aromatic carbocycles. The third-order valence-electron chi connectivity index (χ3n) is 4.10. The lowest BCUT2D eigenvalue weighted by atomic mass is 9.98. The van der Waals surface area contributed by atoms with Gasteiger partial charge in [0.05, 0.1) is 16.3 Å². The number of nitro groups is 1. The molecule has 2 N–H and O–H groups in total. The van der Waals surface area contributed by atoms with Crippen LogP contribution in [0.3, 0.4) is 0 Å². The van der Waals surface area contributed by atoms with E-state index < -0.39 is 10.8 Å². The third kappa shape index (κ3) is 2.38. The molecule has 7 heteroatoms. The Morgan fingerprint density at radius 2 is 1.40 bits per heavy atom. The fourth-order valence-corrected chi connectivity index (χ4v) is 2.96. The van der Waals surface area contributed by atoms with Crippen molar-refractivity contribution in [1.82, 2.24) is 0 Å². The van der Waals surface area contributed by atoms with Crippen LogP contribution in [0.5, 0.6) is 0 Å². The van der Waals surface area contributed by atoms with Gasteiger partial charge in [-0.2, -0.15) is 0 Å². The number of amides is 2. The molecule has 1 aliphatic heterocycles. The number of nitrogens with zero attached hydrogens (tertiary/aromatic N) is 1. The Morgan fingerprint density at radius 1 is 0.800 bits per heavy atom. The van der Waals surface area contributed by atoms with Gasteiger partial charge >= 0.3 is 0 Å². The van der Waals surface area contributed by atoms with Crippen LogP contribution in [0.1, 0.15) is 20.7 Å². The van der Waals surface area contributed by atoms with E-state index in [0.717, 1.165) is 5.39 Å². The fourth-order valence-electron chi connectivity index (χ4n) is 2.96. The average Bonchev–Trinajstić information content (AvgIpc) is 2.65. The van der Waals surface area contributed by atoms with Crippen LogP contribution in [-0.2, 0) is 0 Å². The number of benzene rings is 3. The number of fused-ring (bicyclic) bond motifs is 1. The highest BCUT2D eigenvalue weighted by molar-refractivity contribution is 6.23. The molecule has 0 aliphatic carbocycles. The van der Waals surface area contributed by atoms with Crippen LogP contribution >= 0.6 is 0 Å². The largest absolute Gasteiger partial charge is 0.320 e. The van der Waals surface area contributed by atoms with E-state index in [-0.39, 0.29) is 17.3 Å². The van der Waals surface area contributed by atoms with Crippen LogP contribution < -0.4 is 10.6 Å². The Labute approximate surface area is 141 Å². The van der Waals surface area contributed by atoms with Gasteiger partial charge in [-0.25, -0.2) is 0 Å². The molecule has 1 aliphatic rings. The Kier molecular flexibility index (Phi) is 3.21. The first-order chi connectivity index (χ1) is 12.0. The van der Waals surface area contributed by atoms with Gasteiger partial charge in [-0.1, -0.05) is 24.3 Å². The molecule has 0 atom stereocenters. The summed E-state index contributed by atoms with van der Waals surface area (Å²) in [5.41, 5.74) is 1.01. The lowest BCUT2D eigenvalue weighted by Gasteiger charge is -2.10. The molecule has 0 aromatic heterocycles. The molecule has 4 rings (SSSR count). The summed E-state index contributed by atoms with van der Waals surface area (Å²) in [6, 6.07) is 14.3. The van der Waals surface area contributed by atoms with Gasteiger partial charge in [0.1, 0.15) is 0 Å². The van der Waals surface area contributed by atoms with Crippen LogP contribution in [0.25, 0.3) is 10.8 Å². The van der Waals surface area contributed by atoms with Crippen LogP contribution in [0.15, 0.2) is 54.6 Å². The van der Waals surface area contributed by atoms with Gasteiger partial charge in [-0.3, -0.25) is 19.7 Å². The number of nitrogens with one attached hydrogen (secondary N) is 2. The molecule has 0 bridgehead atoms. The van der Waals surface area contributed by atoms with Crippen LogP contribution in [0.2, 0.25) is 0 Å². The van der Waals surface area contributed by atoms with Crippen LogP contribution in [-0.4, -0.2) is 16.7 Å². The van der Waals surface area contributed by atoms with Crippen molar-refractivity contribution >= 4 is 39.6 Å². The summed E-state index contributed by atoms with van der Waals surface area (Å²) in [6.07, 6.45) is 0. The molecule has 0 fully saturated rings. The van der Waals surface area contributed by atoms with Crippen molar-refractivity contribution in [2.24, 2.45) is 0 Å². The van der Waals surface area contributed by atoms with E-state index in [4.69, 9.17) is 0 Å². The predicted octanol–water partition coefficient (Wildman–Crippen LogP) is 3.57. The lowest BCUT2D eigenvalue weighted by Crippen LogP contribution is -2.13. The van der Waals surface area contributed by atoms with E-state index in [1.807, 2.05) is 12.1 Å². The van der Waals surface area contributed by atoms with E-state index in [1.165, 1.54) is 18.2 Å². The topological polar surface area (TPSA) is 101 Å². The molecule has 25 heavy (non-hydrogen) atoms. The molecule has 0 saturated carbocycles. The standard InChI is InChI=1S/C18H11N3O4/c22-17-12-5-1-3-10-4-2-6-13(16(10)12)18(23)20-15-9-11(21(24)25)7-8-14(15)19-17/h1-9H,(H,19,22)(H,20,23). The molecular weight excluding hydrogens is 322 g/mol. The summed E-state index contributed by atoms with van der Waals surface area (Å²) in [7, 11) is 0. The van der Waals surface area contributed by atoms with Crippen molar-refractivity contribution in [3.05, 3.63) is 75.8 Å². The highest BCUT2D eigenvalue weighted by Gasteiger charge is 2.22. The maximum absolute atomic E-state index is 12.7. The van der Waals surface area contributed by atoms with Crippen molar-refractivity contribution in [3.63, 3.8) is 0 Å². The van der Waals surface area contributed by atoms with E-state index >= 15 is 0 Å². The summed E-state index contributed by atoms with van der Waals surface area (Å²) >= 11 is 0. The first-order valence-corrected chi connectivity index (χ1v) is 7.47. The fraction of sp³-hybridized carbons (Fsp3) is 0. The molecule has 7 nitrogen and oxygen atoms in total. The van der Waals surface area contributed by atoms with Crippen molar-refractivity contribution in [3.8, 4) is 0 Å². The Morgan fingerprint density at radius 3 is 2.00 bits per heavy atom. The molecule has 3 aromatic rings. The van der Waals surface area contributed by atoms with E-state index in [2.05, 4.69) is 10.6 Å². The number of nitro benzene ring substituents is 1.